The molecule has 1 unspecified atom stereocenters. The maximum absolute atomic E-state index is 11.8. The summed E-state index contributed by atoms with van der Waals surface area (Å²) < 4.78 is 0. The lowest BCUT2D eigenvalue weighted by Crippen LogP contribution is -2.55. The normalized spacial score (nSPS) is 26.8. The summed E-state index contributed by atoms with van der Waals surface area (Å²) in [6, 6.07) is 10.9. The Morgan fingerprint density at radius 3 is 2.35 bits per heavy atom. The highest BCUT2D eigenvalue weighted by molar-refractivity contribution is 5.92. The van der Waals surface area contributed by atoms with E-state index in [1.165, 1.54) is 37.7 Å². The molecule has 1 heterocycles. The van der Waals surface area contributed by atoms with Crippen LogP contribution in [0.5, 0.6) is 0 Å². The summed E-state index contributed by atoms with van der Waals surface area (Å²) in [6.07, 6.45) is 6.58. The molecule has 1 aromatic rings. The smallest absolute Gasteiger partial charge is 0.168 e. The highest BCUT2D eigenvalue weighted by Crippen LogP contribution is 2.36. The van der Waals surface area contributed by atoms with Gasteiger partial charge in [-0.2, -0.15) is 0 Å². The van der Waals surface area contributed by atoms with Crippen LogP contribution in [-0.4, -0.2) is 23.3 Å². The van der Waals surface area contributed by atoms with E-state index in [1.54, 1.807) is 0 Å². The molecule has 90 valence electrons. The van der Waals surface area contributed by atoms with E-state index in [-0.39, 0.29) is 6.04 Å². The number of benzene rings is 1. The van der Waals surface area contributed by atoms with Crippen LogP contribution in [0.4, 0.5) is 0 Å². The summed E-state index contributed by atoms with van der Waals surface area (Å²) in [4.78, 5) is 14.3. The molecule has 2 nitrogen and oxygen atoms in total. The SMILES string of the molecule is O=C1CN(C2CCCCC2)C1c1ccccc1. The zero-order valence-corrected chi connectivity index (χ0v) is 10.1. The molecule has 0 amide bonds. The fraction of sp³-hybridized carbons (Fsp3) is 0.533. The first-order chi connectivity index (χ1) is 8.36. The largest absolute Gasteiger partial charge is 0.296 e. The lowest BCUT2D eigenvalue weighted by Gasteiger charge is -2.46. The second kappa shape index (κ2) is 4.61. The van der Waals surface area contributed by atoms with Crippen LogP contribution in [-0.2, 0) is 4.79 Å². The van der Waals surface area contributed by atoms with Crippen LogP contribution in [0.3, 0.4) is 0 Å². The lowest BCUT2D eigenvalue weighted by atomic mass is 9.86. The van der Waals surface area contributed by atoms with E-state index in [1.807, 2.05) is 18.2 Å². The van der Waals surface area contributed by atoms with Crippen LogP contribution < -0.4 is 0 Å². The standard InChI is InChI=1S/C15H19NO/c17-14-11-16(13-9-5-2-6-10-13)15(14)12-7-3-1-4-8-12/h1,3-4,7-8,13,15H,2,5-6,9-11H2. The van der Waals surface area contributed by atoms with Crippen molar-refractivity contribution in [2.75, 3.05) is 6.54 Å². The molecule has 2 aliphatic rings. The molecule has 1 saturated heterocycles. The molecule has 1 aromatic carbocycles. The summed E-state index contributed by atoms with van der Waals surface area (Å²) >= 11 is 0. The molecule has 3 rings (SSSR count). The van der Waals surface area contributed by atoms with Crippen molar-refractivity contribution in [3.05, 3.63) is 35.9 Å². The molecular formula is C15H19NO. The first kappa shape index (κ1) is 11.0. The average Bonchev–Trinajstić information content (AvgIpc) is 2.38. The first-order valence-electron chi connectivity index (χ1n) is 6.69. The Labute approximate surface area is 103 Å². The van der Waals surface area contributed by atoms with Crippen molar-refractivity contribution in [3.8, 4) is 0 Å². The lowest BCUT2D eigenvalue weighted by molar-refractivity contribution is -0.140. The molecule has 1 saturated carbocycles. The van der Waals surface area contributed by atoms with Crippen LogP contribution in [0.15, 0.2) is 30.3 Å². The third-order valence-electron chi connectivity index (χ3n) is 4.13. The van der Waals surface area contributed by atoms with Gasteiger partial charge < -0.3 is 0 Å². The predicted molar refractivity (Wildman–Crippen MR) is 67.8 cm³/mol. The first-order valence-corrected chi connectivity index (χ1v) is 6.69. The maximum Gasteiger partial charge on any atom is 0.168 e. The third-order valence-corrected chi connectivity index (χ3v) is 4.13. The van der Waals surface area contributed by atoms with Gasteiger partial charge >= 0.3 is 0 Å². The Morgan fingerprint density at radius 2 is 1.71 bits per heavy atom. The average molecular weight is 229 g/mol. The van der Waals surface area contributed by atoms with Gasteiger partial charge in [0.1, 0.15) is 0 Å². The minimum Gasteiger partial charge on any atom is -0.296 e. The van der Waals surface area contributed by atoms with Gasteiger partial charge in [0.2, 0.25) is 0 Å². The molecule has 0 aromatic heterocycles. The number of carbonyl (C=O) groups is 1. The van der Waals surface area contributed by atoms with Crippen LogP contribution in [0.1, 0.15) is 43.7 Å². The second-order valence-corrected chi connectivity index (χ2v) is 5.24. The van der Waals surface area contributed by atoms with Crippen molar-refractivity contribution in [1.29, 1.82) is 0 Å². The van der Waals surface area contributed by atoms with Gasteiger partial charge in [-0.25, -0.2) is 0 Å². The number of hydrogen-bond donors (Lipinski definition) is 0. The molecule has 17 heavy (non-hydrogen) atoms. The van der Waals surface area contributed by atoms with Crippen molar-refractivity contribution in [2.24, 2.45) is 0 Å². The molecule has 2 fully saturated rings. The van der Waals surface area contributed by atoms with Crippen LogP contribution in [0.2, 0.25) is 0 Å². The molecule has 1 atom stereocenters. The summed E-state index contributed by atoms with van der Waals surface area (Å²) in [5.74, 6) is 0.391. The van der Waals surface area contributed by atoms with Crippen LogP contribution in [0.25, 0.3) is 0 Å². The molecular weight excluding hydrogens is 210 g/mol. The summed E-state index contributed by atoms with van der Waals surface area (Å²) in [6.45, 7) is 0.671. The van der Waals surface area contributed by atoms with Crippen LogP contribution >= 0.6 is 0 Å². The van der Waals surface area contributed by atoms with Gasteiger partial charge in [-0.3, -0.25) is 9.69 Å². The highest BCUT2D eigenvalue weighted by atomic mass is 16.1. The van der Waals surface area contributed by atoms with E-state index in [0.29, 0.717) is 18.4 Å². The number of Topliss-reactive ketones (excluding diaryl/α,β-unsaturated/α-hetero) is 1. The molecule has 0 bridgehead atoms. The Hall–Kier alpha value is -1.15. The van der Waals surface area contributed by atoms with Gasteiger partial charge in [0, 0.05) is 6.04 Å². The van der Waals surface area contributed by atoms with E-state index in [2.05, 4.69) is 17.0 Å². The van der Waals surface area contributed by atoms with Gasteiger partial charge in [0.15, 0.2) is 5.78 Å². The number of nitrogens with zero attached hydrogens (tertiary/aromatic N) is 1. The highest BCUT2D eigenvalue weighted by Gasteiger charge is 2.42. The van der Waals surface area contributed by atoms with Gasteiger partial charge in [-0.1, -0.05) is 49.6 Å². The second-order valence-electron chi connectivity index (χ2n) is 5.24. The summed E-state index contributed by atoms with van der Waals surface area (Å²) in [5, 5.41) is 0. The zero-order valence-electron chi connectivity index (χ0n) is 10.1. The summed E-state index contributed by atoms with van der Waals surface area (Å²) in [7, 11) is 0. The van der Waals surface area contributed by atoms with Crippen LogP contribution in [0, 0.1) is 0 Å². The van der Waals surface area contributed by atoms with E-state index >= 15 is 0 Å². The quantitative estimate of drug-likeness (QED) is 0.777. The predicted octanol–water partition coefficient (Wildman–Crippen LogP) is 2.95. The van der Waals surface area contributed by atoms with E-state index in [9.17, 15) is 4.79 Å². The Morgan fingerprint density at radius 1 is 1.00 bits per heavy atom. The molecule has 1 aliphatic heterocycles. The monoisotopic (exact) mass is 229 g/mol. The molecule has 0 spiro atoms. The molecule has 0 N–H and O–H groups in total. The van der Waals surface area contributed by atoms with Crippen molar-refractivity contribution in [2.45, 2.75) is 44.2 Å². The van der Waals surface area contributed by atoms with Crippen molar-refractivity contribution < 1.29 is 4.79 Å². The number of ketones is 1. The molecule has 2 heteroatoms. The molecule has 0 radical (unpaired) electrons. The van der Waals surface area contributed by atoms with Crippen molar-refractivity contribution in [3.63, 3.8) is 0 Å². The zero-order chi connectivity index (χ0) is 11.7. The Kier molecular flexibility index (Phi) is 2.98. The number of carbonyl (C=O) groups excluding carboxylic acids is 1. The Bertz CT molecular complexity index is 395. The fourth-order valence-corrected chi connectivity index (χ4v) is 3.20. The van der Waals surface area contributed by atoms with Crippen molar-refractivity contribution >= 4 is 5.78 Å². The van der Waals surface area contributed by atoms with E-state index in [4.69, 9.17) is 0 Å². The topological polar surface area (TPSA) is 20.3 Å². The number of hydrogen-bond acceptors (Lipinski definition) is 2. The molecule has 1 aliphatic carbocycles. The third kappa shape index (κ3) is 2.02. The number of rotatable bonds is 2. The fourth-order valence-electron chi connectivity index (χ4n) is 3.20. The van der Waals surface area contributed by atoms with Gasteiger partial charge in [-0.05, 0) is 18.4 Å². The van der Waals surface area contributed by atoms with Gasteiger partial charge in [0.25, 0.3) is 0 Å². The van der Waals surface area contributed by atoms with Gasteiger partial charge in [-0.15, -0.1) is 0 Å². The van der Waals surface area contributed by atoms with Gasteiger partial charge in [0.05, 0.1) is 12.6 Å². The van der Waals surface area contributed by atoms with E-state index < -0.39 is 0 Å². The Balaban J connectivity index is 1.76. The minimum absolute atomic E-state index is 0.0549. The number of likely N-dealkylation sites (tertiary alicyclic amines) is 1. The van der Waals surface area contributed by atoms with E-state index in [0.717, 1.165) is 0 Å². The van der Waals surface area contributed by atoms with Crippen molar-refractivity contribution in [1.82, 2.24) is 4.90 Å². The maximum atomic E-state index is 11.8. The summed E-state index contributed by atoms with van der Waals surface area (Å²) in [5.41, 5.74) is 1.18. The minimum atomic E-state index is 0.0549.